The number of aliphatic hydroxyl groups is 1. The monoisotopic (exact) mass is 652 g/mol. The van der Waals surface area contributed by atoms with Crippen molar-refractivity contribution in [2.75, 3.05) is 54.6 Å². The first-order chi connectivity index (χ1) is 21.0. The number of methoxy groups -OCH3 is 1. The normalized spacial score (nSPS) is 14.8. The summed E-state index contributed by atoms with van der Waals surface area (Å²) in [5, 5.41) is 10.0. The Labute approximate surface area is 271 Å². The Kier molecular flexibility index (Phi) is 28.3. The molecule has 3 atom stereocenters. The van der Waals surface area contributed by atoms with E-state index in [0.29, 0.717) is 43.3 Å². The van der Waals surface area contributed by atoms with Gasteiger partial charge in [-0.1, -0.05) is 122 Å². The van der Waals surface area contributed by atoms with Crippen LogP contribution in [-0.2, 0) is 27.9 Å². The molecule has 44 heavy (non-hydrogen) atoms. The van der Waals surface area contributed by atoms with E-state index in [0.717, 1.165) is 19.3 Å². The Morgan fingerprint density at radius 3 is 1.61 bits per heavy atom. The second kappa shape index (κ2) is 28.7. The van der Waals surface area contributed by atoms with Crippen LogP contribution in [0.15, 0.2) is 0 Å². The molecule has 0 aromatic carbocycles. The van der Waals surface area contributed by atoms with E-state index in [1.165, 1.54) is 103 Å². The molecule has 0 saturated carbocycles. The molecule has 1 unspecified atom stereocenters. The molecule has 0 aliphatic heterocycles. The molecule has 9 nitrogen and oxygen atoms in total. The fourth-order valence-electron chi connectivity index (χ4n) is 5.17. The predicted molar refractivity (Wildman–Crippen MR) is 180 cm³/mol. The van der Waals surface area contributed by atoms with E-state index in [4.69, 9.17) is 13.8 Å². The zero-order valence-electron chi connectivity index (χ0n) is 29.3. The number of quaternary nitrogens is 1. The van der Waals surface area contributed by atoms with Gasteiger partial charge in [0.2, 0.25) is 0 Å². The Balaban J connectivity index is 4.30. The van der Waals surface area contributed by atoms with E-state index in [9.17, 15) is 19.4 Å². The van der Waals surface area contributed by atoms with Crippen LogP contribution in [0, 0.1) is 0 Å². The minimum Gasteiger partial charge on any atom is -0.469 e. The van der Waals surface area contributed by atoms with Crippen LogP contribution in [0.25, 0.3) is 0 Å². The first-order valence-corrected chi connectivity index (χ1v) is 19.3. The lowest BCUT2D eigenvalue weighted by atomic mass is 10.0. The molecule has 264 valence electrons. The lowest BCUT2D eigenvalue weighted by Crippen LogP contribution is -2.38. The maximum Gasteiger partial charge on any atom is 0.472 e. The number of rotatable bonds is 33. The standard InChI is InChI=1S/C34H70NO8P/c1-6-7-8-9-10-11-12-13-14-15-16-17-18-19-20-21-22-23-26-32(43-44(38,39)42-30-28-35(2,3)4)33(31-36)41-29-25-24-27-34(37)40-5/h32-33,36H,6-31H2,1-5H3/p+1/t32-,33+/m1/s1. The van der Waals surface area contributed by atoms with E-state index in [1.54, 1.807) is 0 Å². The molecular weight excluding hydrogens is 581 g/mol. The number of carbonyl (C=O) groups is 1. The lowest BCUT2D eigenvalue weighted by Gasteiger charge is -2.28. The molecule has 2 N–H and O–H groups in total. The molecule has 0 rings (SSSR count). The van der Waals surface area contributed by atoms with Crippen molar-refractivity contribution in [3.63, 3.8) is 0 Å². The molecule has 0 bridgehead atoms. The van der Waals surface area contributed by atoms with Crippen LogP contribution in [0.3, 0.4) is 0 Å². The first kappa shape index (κ1) is 43.5. The van der Waals surface area contributed by atoms with Crippen molar-refractivity contribution in [2.45, 2.75) is 160 Å². The molecule has 0 saturated heterocycles. The summed E-state index contributed by atoms with van der Waals surface area (Å²) in [4.78, 5) is 21.7. The highest BCUT2D eigenvalue weighted by atomic mass is 31.2. The van der Waals surface area contributed by atoms with Gasteiger partial charge >= 0.3 is 13.8 Å². The summed E-state index contributed by atoms with van der Waals surface area (Å²) < 4.78 is 34.6. The minimum absolute atomic E-state index is 0.0847. The fraction of sp³-hybridized carbons (Fsp3) is 0.971. The van der Waals surface area contributed by atoms with Crippen LogP contribution in [0.5, 0.6) is 0 Å². The molecule has 10 heteroatoms. The van der Waals surface area contributed by atoms with Crippen LogP contribution < -0.4 is 0 Å². The summed E-state index contributed by atoms with van der Waals surface area (Å²) in [6.45, 7) is 2.88. The van der Waals surface area contributed by atoms with Gasteiger partial charge in [-0.05, 0) is 19.3 Å². The first-order valence-electron chi connectivity index (χ1n) is 17.8. The Bertz CT molecular complexity index is 703. The molecule has 0 aromatic heterocycles. The largest absolute Gasteiger partial charge is 0.472 e. The minimum atomic E-state index is -4.32. The molecule has 0 amide bonds. The summed E-state index contributed by atoms with van der Waals surface area (Å²) in [5.74, 6) is -0.272. The number of ether oxygens (including phenoxy) is 2. The average molecular weight is 653 g/mol. The Hall–Kier alpha value is -0.540. The van der Waals surface area contributed by atoms with Gasteiger partial charge < -0.3 is 24.0 Å². The summed E-state index contributed by atoms with van der Waals surface area (Å²) in [6.07, 6.45) is 23.7. The Morgan fingerprint density at radius 2 is 1.18 bits per heavy atom. The maximum absolute atomic E-state index is 12.7. The van der Waals surface area contributed by atoms with Crippen molar-refractivity contribution in [3.05, 3.63) is 0 Å². The molecular formula is C34H71NO8P+. The van der Waals surface area contributed by atoms with Gasteiger partial charge in [-0.3, -0.25) is 13.8 Å². The van der Waals surface area contributed by atoms with E-state index < -0.39 is 20.0 Å². The summed E-state index contributed by atoms with van der Waals surface area (Å²) >= 11 is 0. The van der Waals surface area contributed by atoms with Gasteiger partial charge in [-0.15, -0.1) is 0 Å². The van der Waals surface area contributed by atoms with E-state index in [2.05, 4.69) is 11.7 Å². The van der Waals surface area contributed by atoms with Crippen molar-refractivity contribution in [1.82, 2.24) is 0 Å². The zero-order valence-corrected chi connectivity index (χ0v) is 30.2. The van der Waals surface area contributed by atoms with E-state index >= 15 is 0 Å². The lowest BCUT2D eigenvalue weighted by molar-refractivity contribution is -0.870. The third-order valence-electron chi connectivity index (χ3n) is 8.06. The summed E-state index contributed by atoms with van der Waals surface area (Å²) in [7, 11) is 2.97. The number of phosphoric acid groups is 1. The van der Waals surface area contributed by atoms with Crippen molar-refractivity contribution in [2.24, 2.45) is 0 Å². The Morgan fingerprint density at radius 1 is 0.705 bits per heavy atom. The highest BCUT2D eigenvalue weighted by Gasteiger charge is 2.32. The zero-order chi connectivity index (χ0) is 32.9. The van der Waals surface area contributed by atoms with Crippen molar-refractivity contribution < 1.29 is 42.4 Å². The molecule has 0 aliphatic carbocycles. The molecule has 0 fully saturated rings. The third-order valence-corrected chi connectivity index (χ3v) is 9.10. The van der Waals surface area contributed by atoms with Gasteiger partial charge in [0.15, 0.2) is 0 Å². The fourth-order valence-corrected chi connectivity index (χ4v) is 6.13. The van der Waals surface area contributed by atoms with Crippen molar-refractivity contribution in [1.29, 1.82) is 0 Å². The third kappa shape index (κ3) is 28.9. The summed E-state index contributed by atoms with van der Waals surface area (Å²) in [5.41, 5.74) is 0. The van der Waals surface area contributed by atoms with Crippen molar-refractivity contribution >= 4 is 13.8 Å². The highest BCUT2D eigenvalue weighted by Crippen LogP contribution is 2.46. The molecule has 0 aliphatic rings. The van der Waals surface area contributed by atoms with Gasteiger partial charge in [-0.2, -0.15) is 0 Å². The van der Waals surface area contributed by atoms with Gasteiger partial charge in [0, 0.05) is 13.0 Å². The van der Waals surface area contributed by atoms with Gasteiger partial charge in [0.1, 0.15) is 19.3 Å². The topological polar surface area (TPSA) is 112 Å². The molecule has 0 spiro atoms. The number of likely N-dealkylation sites (N-methyl/N-ethyl adjacent to an activating group) is 1. The van der Waals surface area contributed by atoms with Crippen LogP contribution in [0.2, 0.25) is 0 Å². The molecule has 0 heterocycles. The van der Waals surface area contributed by atoms with Crippen LogP contribution in [0.4, 0.5) is 0 Å². The van der Waals surface area contributed by atoms with Gasteiger partial charge in [0.05, 0.1) is 41.0 Å². The number of hydrogen-bond donors (Lipinski definition) is 2. The number of carbonyl (C=O) groups excluding carboxylic acids is 1. The quantitative estimate of drug-likeness (QED) is 0.0315. The van der Waals surface area contributed by atoms with Gasteiger partial charge in [0.25, 0.3) is 0 Å². The molecule has 0 aromatic rings. The maximum atomic E-state index is 12.7. The number of hydrogen-bond acceptors (Lipinski definition) is 7. The van der Waals surface area contributed by atoms with Gasteiger partial charge in [-0.25, -0.2) is 4.57 Å². The number of phosphoric ester groups is 1. The second-order valence-electron chi connectivity index (χ2n) is 13.4. The van der Waals surface area contributed by atoms with E-state index in [1.807, 2.05) is 21.1 Å². The molecule has 0 radical (unpaired) electrons. The highest BCUT2D eigenvalue weighted by molar-refractivity contribution is 7.47. The smallest absolute Gasteiger partial charge is 0.469 e. The second-order valence-corrected chi connectivity index (χ2v) is 14.8. The SMILES string of the molecule is CCCCCCCCCCCCCCCCCCCC[C@@H](OP(=O)(O)OCC[N+](C)(C)C)[C@H](CO)OCCCCC(=O)OC. The van der Waals surface area contributed by atoms with Crippen molar-refractivity contribution in [3.8, 4) is 0 Å². The number of aliphatic hydroxyl groups excluding tert-OH is 1. The average Bonchev–Trinajstić information content (AvgIpc) is 2.96. The van der Waals surface area contributed by atoms with Crippen LogP contribution in [0.1, 0.15) is 148 Å². The summed E-state index contributed by atoms with van der Waals surface area (Å²) in [6, 6.07) is 0. The van der Waals surface area contributed by atoms with E-state index in [-0.39, 0.29) is 19.2 Å². The number of unbranched alkanes of at least 4 members (excludes halogenated alkanes) is 18. The van der Waals surface area contributed by atoms with Crippen LogP contribution in [-0.4, -0.2) is 87.3 Å². The predicted octanol–water partition coefficient (Wildman–Crippen LogP) is 8.35. The van der Waals surface area contributed by atoms with Crippen LogP contribution >= 0.6 is 7.82 Å². The number of nitrogens with zero attached hydrogens (tertiary/aromatic N) is 1. The number of esters is 1.